The topological polar surface area (TPSA) is 85.9 Å². The van der Waals surface area contributed by atoms with E-state index in [0.29, 0.717) is 35.2 Å². The number of fused-ring (bicyclic) bond motifs is 4. The fourth-order valence-corrected chi connectivity index (χ4v) is 5.60. The van der Waals surface area contributed by atoms with Gasteiger partial charge in [0.1, 0.15) is 11.2 Å². The Balaban J connectivity index is 1.37. The molecule has 1 saturated carbocycles. The molecule has 4 heterocycles. The van der Waals surface area contributed by atoms with Crippen LogP contribution in [0.2, 0.25) is 0 Å². The quantitative estimate of drug-likeness (QED) is 0.630. The second kappa shape index (κ2) is 7.82. The molecule has 3 aliphatic rings. The van der Waals surface area contributed by atoms with Crippen LogP contribution in [-0.4, -0.2) is 39.7 Å². The Morgan fingerprint density at radius 2 is 1.97 bits per heavy atom. The van der Waals surface area contributed by atoms with Crippen molar-refractivity contribution in [1.29, 1.82) is 0 Å². The molecule has 0 radical (unpaired) electrons. The number of carbonyl (C=O) groups is 2. The van der Waals surface area contributed by atoms with Crippen molar-refractivity contribution in [3.8, 4) is 11.5 Å². The molecule has 34 heavy (non-hydrogen) atoms. The third kappa shape index (κ3) is 3.27. The molecular weight excluding hydrogens is 434 g/mol. The molecule has 1 fully saturated rings. The smallest absolute Gasteiger partial charge is 0.271 e. The predicted octanol–water partition coefficient (Wildman–Crippen LogP) is 4.07. The van der Waals surface area contributed by atoms with Crippen LogP contribution in [0.15, 0.2) is 41.0 Å². The van der Waals surface area contributed by atoms with E-state index in [1.807, 2.05) is 35.8 Å². The first-order valence-electron chi connectivity index (χ1n) is 12.0. The van der Waals surface area contributed by atoms with Crippen molar-refractivity contribution in [2.45, 2.75) is 64.2 Å². The Labute approximate surface area is 197 Å². The van der Waals surface area contributed by atoms with Crippen molar-refractivity contribution in [3.05, 3.63) is 47.9 Å². The van der Waals surface area contributed by atoms with Gasteiger partial charge in [0.25, 0.3) is 5.91 Å². The summed E-state index contributed by atoms with van der Waals surface area (Å²) in [5.41, 5.74) is 1.83. The summed E-state index contributed by atoms with van der Waals surface area (Å²) >= 11 is 0. The Bertz CT molecular complexity index is 1280. The molecule has 2 aromatic heterocycles. The fraction of sp³-hybridized carbons (Fsp3) is 0.462. The summed E-state index contributed by atoms with van der Waals surface area (Å²) in [4.78, 5) is 29.4. The highest BCUT2D eigenvalue weighted by molar-refractivity contribution is 6.02. The van der Waals surface area contributed by atoms with Crippen molar-refractivity contribution in [2.75, 3.05) is 6.79 Å². The second-order valence-corrected chi connectivity index (χ2v) is 9.98. The Morgan fingerprint density at radius 3 is 2.82 bits per heavy atom. The standard InChI is InChI=1S/C26H29N3O5/c1-16-5-3-4-6-18(16)27-25(31)26(2)14-28-19-9-10-32-22(19)12-20(28)24(30)29(26)13-17-7-8-21-23(11-17)34-15-33-21/h7-12,16,18H,3-6,13-15H2,1-2H3,(H,27,31)/t16-,18+,26+/m1/s1. The number of benzene rings is 1. The van der Waals surface area contributed by atoms with Gasteiger partial charge >= 0.3 is 0 Å². The van der Waals surface area contributed by atoms with Crippen LogP contribution in [0.25, 0.3) is 11.1 Å². The van der Waals surface area contributed by atoms with Gasteiger partial charge in [0.05, 0.1) is 18.3 Å². The number of nitrogens with zero attached hydrogens (tertiary/aromatic N) is 2. The van der Waals surface area contributed by atoms with Gasteiger partial charge in [-0.3, -0.25) is 9.59 Å². The van der Waals surface area contributed by atoms with E-state index in [9.17, 15) is 9.59 Å². The molecule has 0 bridgehead atoms. The van der Waals surface area contributed by atoms with Crippen molar-refractivity contribution < 1.29 is 23.5 Å². The van der Waals surface area contributed by atoms with Crippen molar-refractivity contribution in [3.63, 3.8) is 0 Å². The first kappa shape index (κ1) is 21.1. The molecule has 1 N–H and O–H groups in total. The highest BCUT2D eigenvalue weighted by Gasteiger charge is 2.48. The molecule has 3 aromatic rings. The summed E-state index contributed by atoms with van der Waals surface area (Å²) in [5.74, 6) is 1.46. The zero-order chi connectivity index (χ0) is 23.4. The monoisotopic (exact) mass is 463 g/mol. The van der Waals surface area contributed by atoms with E-state index >= 15 is 0 Å². The minimum absolute atomic E-state index is 0.115. The van der Waals surface area contributed by atoms with E-state index in [0.717, 1.165) is 30.3 Å². The molecule has 6 rings (SSSR count). The molecule has 0 spiro atoms. The average molecular weight is 464 g/mol. The maximum absolute atomic E-state index is 13.9. The van der Waals surface area contributed by atoms with Crippen LogP contribution in [0.3, 0.4) is 0 Å². The lowest BCUT2D eigenvalue weighted by atomic mass is 9.85. The van der Waals surface area contributed by atoms with Crippen molar-refractivity contribution in [2.24, 2.45) is 5.92 Å². The first-order valence-corrected chi connectivity index (χ1v) is 12.0. The Kier molecular flexibility index (Phi) is 4.86. The number of nitrogens with one attached hydrogen (secondary N) is 1. The molecule has 8 nitrogen and oxygen atoms in total. The van der Waals surface area contributed by atoms with Crippen molar-refractivity contribution >= 4 is 22.9 Å². The third-order valence-electron chi connectivity index (χ3n) is 7.74. The molecule has 8 heteroatoms. The normalized spacial score (nSPS) is 26.1. The SMILES string of the molecule is C[C@@H]1CCCC[C@@H]1NC(=O)[C@]1(C)Cn2c(cc3occc32)C(=O)N1Cc1ccc2c(c1)OCO2. The zero-order valence-electron chi connectivity index (χ0n) is 19.5. The van der Waals surface area contributed by atoms with Gasteiger partial charge in [-0.05, 0) is 43.4 Å². The lowest BCUT2D eigenvalue weighted by Crippen LogP contribution is -2.65. The van der Waals surface area contributed by atoms with Gasteiger partial charge in [-0.1, -0.05) is 25.8 Å². The molecule has 2 aliphatic heterocycles. The number of hydrogen-bond donors (Lipinski definition) is 1. The van der Waals surface area contributed by atoms with Gasteiger partial charge in [-0.15, -0.1) is 0 Å². The number of carbonyl (C=O) groups excluding carboxylic acids is 2. The number of hydrogen-bond acceptors (Lipinski definition) is 5. The van der Waals surface area contributed by atoms with Gasteiger partial charge in [-0.25, -0.2) is 0 Å². The van der Waals surface area contributed by atoms with Crippen LogP contribution >= 0.6 is 0 Å². The third-order valence-corrected chi connectivity index (χ3v) is 7.74. The van der Waals surface area contributed by atoms with Gasteiger partial charge in [0.15, 0.2) is 17.1 Å². The van der Waals surface area contributed by atoms with Crippen molar-refractivity contribution in [1.82, 2.24) is 14.8 Å². The van der Waals surface area contributed by atoms with Gasteiger partial charge < -0.3 is 28.7 Å². The molecule has 0 unspecified atom stereocenters. The molecule has 2 amide bonds. The lowest BCUT2D eigenvalue weighted by molar-refractivity contribution is -0.134. The summed E-state index contributed by atoms with van der Waals surface area (Å²) in [6.07, 6.45) is 6.01. The number of amides is 2. The summed E-state index contributed by atoms with van der Waals surface area (Å²) in [7, 11) is 0. The molecule has 1 aliphatic carbocycles. The summed E-state index contributed by atoms with van der Waals surface area (Å²) in [5, 5.41) is 3.31. The molecule has 3 atom stereocenters. The molecule has 1 aromatic carbocycles. The number of ether oxygens (including phenoxy) is 2. The minimum atomic E-state index is -1.07. The van der Waals surface area contributed by atoms with E-state index in [1.54, 1.807) is 17.2 Å². The van der Waals surface area contributed by atoms with Crippen LogP contribution < -0.4 is 14.8 Å². The average Bonchev–Trinajstić information content (AvgIpc) is 3.55. The van der Waals surface area contributed by atoms with E-state index in [1.165, 1.54) is 6.42 Å². The van der Waals surface area contributed by atoms with E-state index < -0.39 is 5.54 Å². The largest absolute Gasteiger partial charge is 0.463 e. The Morgan fingerprint density at radius 1 is 1.15 bits per heavy atom. The van der Waals surface area contributed by atoms with Gasteiger partial charge in [-0.2, -0.15) is 0 Å². The number of rotatable bonds is 4. The number of aromatic nitrogens is 1. The fourth-order valence-electron chi connectivity index (χ4n) is 5.60. The first-order chi connectivity index (χ1) is 16.4. The van der Waals surface area contributed by atoms with E-state index in [-0.39, 0.29) is 31.2 Å². The van der Waals surface area contributed by atoms with Crippen LogP contribution in [0.4, 0.5) is 0 Å². The molecule has 178 valence electrons. The van der Waals surface area contributed by atoms with Crippen LogP contribution in [0.1, 0.15) is 55.6 Å². The predicted molar refractivity (Wildman–Crippen MR) is 125 cm³/mol. The van der Waals surface area contributed by atoms with Crippen LogP contribution in [0.5, 0.6) is 11.5 Å². The molecule has 0 saturated heterocycles. The molecular formula is C26H29N3O5. The van der Waals surface area contributed by atoms with E-state index in [2.05, 4.69) is 12.2 Å². The van der Waals surface area contributed by atoms with Gasteiger partial charge in [0.2, 0.25) is 12.7 Å². The highest BCUT2D eigenvalue weighted by Crippen LogP contribution is 2.37. The summed E-state index contributed by atoms with van der Waals surface area (Å²) in [6.45, 7) is 4.89. The zero-order valence-corrected chi connectivity index (χ0v) is 19.5. The van der Waals surface area contributed by atoms with E-state index in [4.69, 9.17) is 13.9 Å². The summed E-state index contributed by atoms with van der Waals surface area (Å²) < 4.78 is 18.4. The summed E-state index contributed by atoms with van der Waals surface area (Å²) in [6, 6.07) is 9.40. The van der Waals surface area contributed by atoms with Gasteiger partial charge in [0, 0.05) is 24.7 Å². The lowest BCUT2D eigenvalue weighted by Gasteiger charge is -2.45. The minimum Gasteiger partial charge on any atom is -0.463 e. The van der Waals surface area contributed by atoms with Crippen LogP contribution in [-0.2, 0) is 17.9 Å². The highest BCUT2D eigenvalue weighted by atomic mass is 16.7. The second-order valence-electron chi connectivity index (χ2n) is 9.98. The maximum atomic E-state index is 13.9. The van der Waals surface area contributed by atoms with Crippen LogP contribution in [0, 0.1) is 5.92 Å². The number of furan rings is 1. The Hall–Kier alpha value is -3.42. The maximum Gasteiger partial charge on any atom is 0.271 e.